The Morgan fingerprint density at radius 2 is 2.10 bits per heavy atom. The third-order valence-electron chi connectivity index (χ3n) is 5.37. The van der Waals surface area contributed by atoms with E-state index < -0.39 is 10.0 Å². The summed E-state index contributed by atoms with van der Waals surface area (Å²) in [5.41, 5.74) is 1.95. The number of carbonyl (C=O) groups excluding carboxylic acids is 1. The van der Waals surface area contributed by atoms with Crippen molar-refractivity contribution in [2.24, 2.45) is 5.92 Å². The molecule has 2 aromatic heterocycles. The van der Waals surface area contributed by atoms with Crippen LogP contribution in [0.5, 0.6) is 0 Å². The minimum atomic E-state index is -3.53. The zero-order valence-corrected chi connectivity index (χ0v) is 18.3. The zero-order chi connectivity index (χ0) is 21.1. The Kier molecular flexibility index (Phi) is 6.03. The summed E-state index contributed by atoms with van der Waals surface area (Å²) in [6.45, 7) is 2.97. The highest BCUT2D eigenvalue weighted by molar-refractivity contribution is 7.91. The molecule has 4 rings (SSSR count). The molecule has 0 spiro atoms. The molecule has 1 fully saturated rings. The molecule has 0 saturated carbocycles. The first-order valence-corrected chi connectivity index (χ1v) is 12.2. The first-order valence-electron chi connectivity index (χ1n) is 9.86. The fourth-order valence-corrected chi connectivity index (χ4v) is 6.44. The first kappa shape index (κ1) is 20.8. The number of amides is 1. The van der Waals surface area contributed by atoms with E-state index in [0.29, 0.717) is 30.1 Å². The smallest absolute Gasteiger partial charge is 0.252 e. The van der Waals surface area contributed by atoms with E-state index in [2.05, 4.69) is 10.3 Å². The van der Waals surface area contributed by atoms with Crippen molar-refractivity contribution in [3.05, 3.63) is 65.6 Å². The highest BCUT2D eigenvalue weighted by Gasteiger charge is 2.33. The van der Waals surface area contributed by atoms with Crippen LogP contribution in [-0.2, 0) is 21.4 Å². The van der Waals surface area contributed by atoms with Crippen LogP contribution in [0.2, 0.25) is 0 Å². The molecule has 1 aliphatic heterocycles. The summed E-state index contributed by atoms with van der Waals surface area (Å²) < 4.78 is 29.3. The maximum Gasteiger partial charge on any atom is 0.252 e. The maximum absolute atomic E-state index is 12.8. The molecule has 1 saturated heterocycles. The van der Waals surface area contributed by atoms with Crippen LogP contribution >= 0.6 is 11.3 Å². The van der Waals surface area contributed by atoms with Gasteiger partial charge in [-0.3, -0.25) is 4.79 Å². The van der Waals surface area contributed by atoms with Crippen LogP contribution in [0.1, 0.15) is 24.2 Å². The van der Waals surface area contributed by atoms with Crippen molar-refractivity contribution in [2.45, 2.75) is 30.5 Å². The third kappa shape index (κ3) is 4.19. The average Bonchev–Trinajstić information content (AvgIpc) is 3.45. The van der Waals surface area contributed by atoms with E-state index in [9.17, 15) is 13.2 Å². The standard InChI is InChI=1S/C21H24N4O3S2/c1-16-22-10-12-25(16)19-8-3-2-6-17(19)14-23-21(26)18-7-4-11-24(15-18)30(27,28)20-9-5-13-29-20/h2-3,5-6,8-10,12-13,18H,4,7,11,14-15H2,1H3,(H,23,26)/t18-/m0/s1. The fourth-order valence-electron chi connectivity index (χ4n) is 3.77. The highest BCUT2D eigenvalue weighted by atomic mass is 32.2. The lowest BCUT2D eigenvalue weighted by molar-refractivity contribution is -0.126. The van der Waals surface area contributed by atoms with Gasteiger partial charge in [-0.15, -0.1) is 11.3 Å². The fraction of sp³-hybridized carbons (Fsp3) is 0.333. The second kappa shape index (κ2) is 8.71. The van der Waals surface area contributed by atoms with Gasteiger partial charge in [0.2, 0.25) is 5.91 Å². The van der Waals surface area contributed by atoms with Crippen LogP contribution < -0.4 is 5.32 Å². The molecule has 1 amide bonds. The predicted octanol–water partition coefficient (Wildman–Crippen LogP) is 2.96. The second-order valence-electron chi connectivity index (χ2n) is 7.33. The number of para-hydroxylation sites is 1. The summed E-state index contributed by atoms with van der Waals surface area (Å²) in [6, 6.07) is 11.2. The van der Waals surface area contributed by atoms with E-state index >= 15 is 0 Å². The van der Waals surface area contributed by atoms with Crippen LogP contribution in [0.15, 0.2) is 58.4 Å². The van der Waals surface area contributed by atoms with Gasteiger partial charge in [0.15, 0.2) is 0 Å². The SMILES string of the molecule is Cc1nccn1-c1ccccc1CNC(=O)[C@H]1CCCN(S(=O)(=O)c2cccs2)C1. The summed E-state index contributed by atoms with van der Waals surface area (Å²) >= 11 is 1.20. The van der Waals surface area contributed by atoms with E-state index in [1.807, 2.05) is 42.0 Å². The Morgan fingerprint density at radius 1 is 1.27 bits per heavy atom. The molecule has 1 aromatic carbocycles. The van der Waals surface area contributed by atoms with Crippen LogP contribution in [0, 0.1) is 12.8 Å². The topological polar surface area (TPSA) is 84.3 Å². The quantitative estimate of drug-likeness (QED) is 0.634. The van der Waals surface area contributed by atoms with E-state index in [1.165, 1.54) is 15.6 Å². The van der Waals surface area contributed by atoms with Crippen molar-refractivity contribution in [2.75, 3.05) is 13.1 Å². The van der Waals surface area contributed by atoms with Gasteiger partial charge in [0.05, 0.1) is 11.6 Å². The van der Waals surface area contributed by atoms with Crippen molar-refractivity contribution in [1.29, 1.82) is 0 Å². The molecule has 1 aliphatic rings. The van der Waals surface area contributed by atoms with Crippen LogP contribution in [-0.4, -0.2) is 41.3 Å². The predicted molar refractivity (Wildman–Crippen MR) is 116 cm³/mol. The van der Waals surface area contributed by atoms with Gasteiger partial charge in [-0.25, -0.2) is 13.4 Å². The number of aromatic nitrogens is 2. The van der Waals surface area contributed by atoms with Crippen LogP contribution in [0.4, 0.5) is 0 Å². The number of imidazole rings is 1. The highest BCUT2D eigenvalue weighted by Crippen LogP contribution is 2.26. The van der Waals surface area contributed by atoms with Gasteiger partial charge in [0.1, 0.15) is 10.0 Å². The number of sulfonamides is 1. The molecule has 3 aromatic rings. The van der Waals surface area contributed by atoms with E-state index in [4.69, 9.17) is 0 Å². The normalized spacial score (nSPS) is 17.7. The summed E-state index contributed by atoms with van der Waals surface area (Å²) in [7, 11) is -3.53. The van der Waals surface area contributed by atoms with Gasteiger partial charge in [-0.1, -0.05) is 24.3 Å². The second-order valence-corrected chi connectivity index (χ2v) is 10.4. The summed E-state index contributed by atoms with van der Waals surface area (Å²) in [5, 5.41) is 4.76. The Morgan fingerprint density at radius 3 is 2.83 bits per heavy atom. The first-order chi connectivity index (χ1) is 14.5. The number of hydrogen-bond donors (Lipinski definition) is 1. The number of nitrogens with zero attached hydrogens (tertiary/aromatic N) is 3. The van der Waals surface area contributed by atoms with Crippen molar-refractivity contribution in [3.8, 4) is 5.69 Å². The molecular weight excluding hydrogens is 420 g/mol. The number of nitrogens with one attached hydrogen (secondary N) is 1. The van der Waals surface area contributed by atoms with E-state index in [-0.39, 0.29) is 18.4 Å². The molecule has 3 heterocycles. The molecule has 0 unspecified atom stereocenters. The average molecular weight is 445 g/mol. The molecule has 158 valence electrons. The Hall–Kier alpha value is -2.49. The number of hydrogen-bond acceptors (Lipinski definition) is 5. The monoisotopic (exact) mass is 444 g/mol. The lowest BCUT2D eigenvalue weighted by Gasteiger charge is -2.30. The maximum atomic E-state index is 12.8. The number of carbonyl (C=O) groups is 1. The largest absolute Gasteiger partial charge is 0.352 e. The van der Waals surface area contributed by atoms with Gasteiger partial charge in [0, 0.05) is 32.0 Å². The molecule has 0 aliphatic carbocycles. The lowest BCUT2D eigenvalue weighted by atomic mass is 9.98. The zero-order valence-electron chi connectivity index (χ0n) is 16.7. The molecule has 9 heteroatoms. The molecule has 7 nitrogen and oxygen atoms in total. The Balaban J connectivity index is 1.44. The minimum Gasteiger partial charge on any atom is -0.352 e. The lowest BCUT2D eigenvalue weighted by Crippen LogP contribution is -2.45. The number of aryl methyl sites for hydroxylation is 1. The van der Waals surface area contributed by atoms with Crippen LogP contribution in [0.3, 0.4) is 0 Å². The molecule has 1 N–H and O–H groups in total. The van der Waals surface area contributed by atoms with Crippen LogP contribution in [0.25, 0.3) is 5.69 Å². The number of benzene rings is 1. The Labute approximate surface area is 180 Å². The number of rotatable bonds is 6. The minimum absolute atomic E-state index is 0.113. The molecule has 1 atom stereocenters. The van der Waals surface area contributed by atoms with Gasteiger partial charge in [0.25, 0.3) is 10.0 Å². The van der Waals surface area contributed by atoms with Gasteiger partial charge < -0.3 is 9.88 Å². The van der Waals surface area contributed by atoms with Gasteiger partial charge in [-0.05, 0) is 42.8 Å². The number of thiophene rings is 1. The van der Waals surface area contributed by atoms with Crippen molar-refractivity contribution >= 4 is 27.3 Å². The number of piperidine rings is 1. The molecular formula is C21H24N4O3S2. The molecule has 0 radical (unpaired) electrons. The summed E-state index contributed by atoms with van der Waals surface area (Å²) in [6.07, 6.45) is 5.00. The van der Waals surface area contributed by atoms with Crippen molar-refractivity contribution in [1.82, 2.24) is 19.2 Å². The van der Waals surface area contributed by atoms with Crippen molar-refractivity contribution < 1.29 is 13.2 Å². The molecule has 0 bridgehead atoms. The third-order valence-corrected chi connectivity index (χ3v) is 8.61. The summed E-state index contributed by atoms with van der Waals surface area (Å²) in [5.74, 6) is 0.407. The van der Waals surface area contributed by atoms with E-state index in [1.54, 1.807) is 23.7 Å². The Bertz CT molecular complexity index is 1120. The van der Waals surface area contributed by atoms with Gasteiger partial charge in [-0.2, -0.15) is 4.31 Å². The van der Waals surface area contributed by atoms with Gasteiger partial charge >= 0.3 is 0 Å². The molecule has 30 heavy (non-hydrogen) atoms. The summed E-state index contributed by atoms with van der Waals surface area (Å²) in [4.78, 5) is 17.1. The van der Waals surface area contributed by atoms with Crippen molar-refractivity contribution in [3.63, 3.8) is 0 Å². The van der Waals surface area contributed by atoms with E-state index in [0.717, 1.165) is 17.1 Å².